The Morgan fingerprint density at radius 1 is 1.35 bits per heavy atom. The molecule has 0 aliphatic carbocycles. The van der Waals surface area contributed by atoms with Crippen molar-refractivity contribution in [1.29, 1.82) is 0 Å². The lowest BCUT2D eigenvalue weighted by Crippen LogP contribution is -2.11. The molecule has 0 saturated heterocycles. The second kappa shape index (κ2) is 7.11. The molecule has 0 aliphatic heterocycles. The molecule has 0 radical (unpaired) electrons. The molecule has 1 aromatic heterocycles. The molecule has 1 heterocycles. The molecule has 1 amide bonds. The van der Waals surface area contributed by atoms with Crippen molar-refractivity contribution in [2.24, 2.45) is 0 Å². The second-order valence-electron chi connectivity index (χ2n) is 3.87. The summed E-state index contributed by atoms with van der Waals surface area (Å²) in [5.74, 6) is 5.51. The number of carbonyl (C=O) groups is 1. The third-order valence-electron chi connectivity index (χ3n) is 2.46. The van der Waals surface area contributed by atoms with Gasteiger partial charge in [0.15, 0.2) is 0 Å². The van der Waals surface area contributed by atoms with Crippen LogP contribution < -0.4 is 5.32 Å². The summed E-state index contributed by atoms with van der Waals surface area (Å²) in [5, 5.41) is 13.7. The number of para-hydroxylation sites is 1. The number of amides is 1. The highest BCUT2D eigenvalue weighted by molar-refractivity contribution is 7.12. The molecule has 0 unspecified atom stereocenters. The number of aliphatic hydroxyl groups is 1. The monoisotopic (exact) mass is 305 g/mol. The fraction of sp³-hybridized carbons (Fsp3) is 0.133. The molecule has 0 aliphatic rings. The molecule has 3 nitrogen and oxygen atoms in total. The molecule has 0 spiro atoms. The summed E-state index contributed by atoms with van der Waals surface area (Å²) in [6.45, 7) is 0.0202. The summed E-state index contributed by atoms with van der Waals surface area (Å²) in [7, 11) is 0. The Balaban J connectivity index is 2.20. The minimum absolute atomic E-state index is 0.0202. The molecule has 102 valence electrons. The van der Waals surface area contributed by atoms with E-state index in [2.05, 4.69) is 17.2 Å². The van der Waals surface area contributed by atoms with E-state index in [-0.39, 0.29) is 12.5 Å². The Hall–Kier alpha value is -1.80. The number of halogens is 1. The summed E-state index contributed by atoms with van der Waals surface area (Å²) < 4.78 is 0. The van der Waals surface area contributed by atoms with E-state index in [0.717, 1.165) is 0 Å². The van der Waals surface area contributed by atoms with E-state index in [1.165, 1.54) is 11.3 Å². The smallest absolute Gasteiger partial charge is 0.267 e. The highest BCUT2D eigenvalue weighted by Crippen LogP contribution is 2.24. The van der Waals surface area contributed by atoms with Gasteiger partial charge in [-0.05, 0) is 23.6 Å². The normalized spacial score (nSPS) is 9.70. The Morgan fingerprint density at radius 2 is 2.15 bits per heavy atom. The summed E-state index contributed by atoms with van der Waals surface area (Å²) >= 11 is 7.23. The molecule has 2 aromatic rings. The number of nitrogens with one attached hydrogen (secondary N) is 1. The summed E-state index contributed by atoms with van der Waals surface area (Å²) in [4.78, 5) is 12.6. The maximum atomic E-state index is 12.1. The van der Waals surface area contributed by atoms with Crippen LogP contribution in [0.5, 0.6) is 0 Å². The maximum absolute atomic E-state index is 12.1. The first-order valence-electron chi connectivity index (χ1n) is 5.95. The molecule has 1 aromatic carbocycles. The van der Waals surface area contributed by atoms with Crippen LogP contribution in [0.4, 0.5) is 5.69 Å². The molecule has 2 N–H and O–H groups in total. The predicted molar refractivity (Wildman–Crippen MR) is 82.3 cm³/mol. The third-order valence-corrected chi connectivity index (χ3v) is 3.80. The van der Waals surface area contributed by atoms with Crippen molar-refractivity contribution in [3.63, 3.8) is 0 Å². The van der Waals surface area contributed by atoms with E-state index in [9.17, 15) is 4.79 Å². The second-order valence-corrected chi connectivity index (χ2v) is 5.20. The van der Waals surface area contributed by atoms with Crippen LogP contribution in [0.15, 0.2) is 35.7 Å². The topological polar surface area (TPSA) is 49.3 Å². The van der Waals surface area contributed by atoms with Crippen LogP contribution in [-0.4, -0.2) is 17.6 Å². The fourth-order valence-electron chi connectivity index (χ4n) is 1.55. The van der Waals surface area contributed by atoms with Crippen molar-refractivity contribution in [1.82, 2.24) is 0 Å². The largest absolute Gasteiger partial charge is 0.395 e. The summed E-state index contributed by atoms with van der Waals surface area (Å²) in [6.07, 6.45) is 0.402. The first-order valence-corrected chi connectivity index (χ1v) is 7.21. The fourth-order valence-corrected chi connectivity index (χ4v) is 2.59. The van der Waals surface area contributed by atoms with Crippen molar-refractivity contribution < 1.29 is 9.90 Å². The number of aliphatic hydroxyl groups excluding tert-OH is 1. The van der Waals surface area contributed by atoms with Crippen molar-refractivity contribution in [3.05, 3.63) is 51.2 Å². The van der Waals surface area contributed by atoms with E-state index < -0.39 is 0 Å². The van der Waals surface area contributed by atoms with Gasteiger partial charge in [0.2, 0.25) is 0 Å². The minimum atomic E-state index is -0.249. The van der Waals surface area contributed by atoms with Gasteiger partial charge < -0.3 is 10.4 Å². The van der Waals surface area contributed by atoms with Gasteiger partial charge in [0.05, 0.1) is 17.3 Å². The molecule has 0 atom stereocenters. The number of anilines is 1. The van der Waals surface area contributed by atoms with E-state index in [1.807, 2.05) is 18.2 Å². The van der Waals surface area contributed by atoms with Gasteiger partial charge in [-0.15, -0.1) is 11.3 Å². The molecule has 0 saturated carbocycles. The molecule has 0 bridgehead atoms. The zero-order chi connectivity index (χ0) is 14.4. The van der Waals surface area contributed by atoms with Crippen LogP contribution in [-0.2, 0) is 0 Å². The highest BCUT2D eigenvalue weighted by atomic mass is 35.5. The number of hydrogen-bond acceptors (Lipinski definition) is 3. The Bertz CT molecular complexity index is 670. The van der Waals surface area contributed by atoms with Crippen LogP contribution in [0.25, 0.3) is 0 Å². The average Bonchev–Trinajstić information content (AvgIpc) is 2.87. The molecule has 2 rings (SSSR count). The molecular formula is C15H12ClNO2S. The zero-order valence-electron chi connectivity index (χ0n) is 10.5. The number of carbonyl (C=O) groups excluding carboxylic acids is 1. The Labute approximate surface area is 126 Å². The third kappa shape index (κ3) is 3.61. The van der Waals surface area contributed by atoms with E-state index in [4.69, 9.17) is 16.7 Å². The first-order chi connectivity index (χ1) is 9.72. The zero-order valence-corrected chi connectivity index (χ0v) is 12.1. The van der Waals surface area contributed by atoms with Gasteiger partial charge in [-0.1, -0.05) is 35.6 Å². The van der Waals surface area contributed by atoms with Crippen LogP contribution in [0, 0.1) is 11.8 Å². The van der Waals surface area contributed by atoms with Crippen LogP contribution in [0.3, 0.4) is 0 Å². The molecule has 0 fully saturated rings. The van der Waals surface area contributed by atoms with Crippen molar-refractivity contribution in [2.75, 3.05) is 11.9 Å². The van der Waals surface area contributed by atoms with Gasteiger partial charge >= 0.3 is 0 Å². The lowest BCUT2D eigenvalue weighted by Gasteiger charge is -2.06. The van der Waals surface area contributed by atoms with Crippen LogP contribution >= 0.6 is 22.9 Å². The van der Waals surface area contributed by atoms with Gasteiger partial charge in [-0.2, -0.15) is 0 Å². The molecule has 20 heavy (non-hydrogen) atoms. The standard InChI is InChI=1S/C15H12ClNO2S/c16-12-8-10-20-14(12)15(19)17-13-7-2-1-5-11(13)6-3-4-9-18/h1-2,5,7-8,10,18H,4,9H2,(H,17,19). The van der Waals surface area contributed by atoms with Crippen molar-refractivity contribution in [3.8, 4) is 11.8 Å². The highest BCUT2D eigenvalue weighted by Gasteiger charge is 2.13. The Morgan fingerprint density at radius 3 is 2.85 bits per heavy atom. The van der Waals surface area contributed by atoms with Gasteiger partial charge in [0.25, 0.3) is 5.91 Å². The van der Waals surface area contributed by atoms with Gasteiger partial charge in [0.1, 0.15) is 4.88 Å². The van der Waals surface area contributed by atoms with E-state index in [1.54, 1.807) is 17.5 Å². The summed E-state index contributed by atoms with van der Waals surface area (Å²) in [5.41, 5.74) is 1.34. The van der Waals surface area contributed by atoms with E-state index in [0.29, 0.717) is 27.6 Å². The lowest BCUT2D eigenvalue weighted by atomic mass is 10.1. The first kappa shape index (κ1) is 14.6. The van der Waals surface area contributed by atoms with E-state index >= 15 is 0 Å². The summed E-state index contributed by atoms with van der Waals surface area (Å²) in [6, 6.07) is 8.95. The SMILES string of the molecule is O=C(Nc1ccccc1C#CCCO)c1sccc1Cl. The van der Waals surface area contributed by atoms with Crippen molar-refractivity contribution >= 4 is 34.5 Å². The average molecular weight is 306 g/mol. The molecule has 5 heteroatoms. The van der Waals surface area contributed by atoms with Gasteiger partial charge in [-0.3, -0.25) is 4.79 Å². The predicted octanol–water partition coefficient (Wildman–Crippen LogP) is 3.39. The number of thiophene rings is 1. The number of rotatable bonds is 3. The molecular weight excluding hydrogens is 294 g/mol. The minimum Gasteiger partial charge on any atom is -0.395 e. The van der Waals surface area contributed by atoms with Gasteiger partial charge in [0, 0.05) is 12.0 Å². The lowest BCUT2D eigenvalue weighted by molar-refractivity contribution is 0.103. The number of hydrogen-bond donors (Lipinski definition) is 2. The number of benzene rings is 1. The quantitative estimate of drug-likeness (QED) is 0.854. The van der Waals surface area contributed by atoms with Gasteiger partial charge in [-0.25, -0.2) is 0 Å². The Kier molecular flexibility index (Phi) is 5.19. The van der Waals surface area contributed by atoms with Crippen molar-refractivity contribution in [2.45, 2.75) is 6.42 Å². The van der Waals surface area contributed by atoms with Crippen LogP contribution in [0.1, 0.15) is 21.7 Å². The maximum Gasteiger partial charge on any atom is 0.267 e. The van der Waals surface area contributed by atoms with Crippen LogP contribution in [0.2, 0.25) is 5.02 Å².